The third-order valence-corrected chi connectivity index (χ3v) is 2.49. The Balaban J connectivity index is 4.25. The van der Waals surface area contributed by atoms with Gasteiger partial charge in [0.25, 0.3) is 0 Å². The van der Waals surface area contributed by atoms with Crippen molar-refractivity contribution in [1.82, 2.24) is 4.90 Å². The molecule has 1 amide bonds. The summed E-state index contributed by atoms with van der Waals surface area (Å²) in [4.78, 5) is 13.5. The Morgan fingerprint density at radius 3 is 2.20 bits per heavy atom. The topological polar surface area (TPSA) is 44.1 Å². The third-order valence-electron chi connectivity index (χ3n) is 2.49. The molecular formula is C12H22N2O. The summed E-state index contributed by atoms with van der Waals surface area (Å²) in [5, 5.41) is 8.90. The van der Waals surface area contributed by atoms with E-state index in [1.54, 1.807) is 11.9 Å². The fourth-order valence-electron chi connectivity index (χ4n) is 1.29. The van der Waals surface area contributed by atoms with E-state index >= 15 is 0 Å². The van der Waals surface area contributed by atoms with Crippen molar-refractivity contribution in [3.05, 3.63) is 0 Å². The summed E-state index contributed by atoms with van der Waals surface area (Å²) in [7, 11) is 1.78. The molecule has 1 unspecified atom stereocenters. The first-order chi connectivity index (χ1) is 6.90. The third kappa shape index (κ3) is 4.83. The van der Waals surface area contributed by atoms with E-state index in [0.29, 0.717) is 5.92 Å². The van der Waals surface area contributed by atoms with Crippen LogP contribution in [0.2, 0.25) is 0 Å². The number of carbonyl (C=O) groups is 1. The van der Waals surface area contributed by atoms with Crippen LogP contribution in [0, 0.1) is 29.1 Å². The van der Waals surface area contributed by atoms with Gasteiger partial charge in [0.05, 0.1) is 6.07 Å². The Morgan fingerprint density at radius 1 is 1.33 bits per heavy atom. The maximum atomic E-state index is 11.8. The van der Waals surface area contributed by atoms with Crippen molar-refractivity contribution in [3.63, 3.8) is 0 Å². The molecule has 0 aromatic heterocycles. The minimum absolute atomic E-state index is 0.0480. The van der Waals surface area contributed by atoms with Gasteiger partial charge < -0.3 is 4.90 Å². The van der Waals surface area contributed by atoms with Crippen molar-refractivity contribution in [2.45, 2.75) is 34.1 Å². The minimum atomic E-state index is -0.498. The highest BCUT2D eigenvalue weighted by molar-refractivity contribution is 5.81. The summed E-state index contributed by atoms with van der Waals surface area (Å²) in [5.41, 5.74) is 0. The quantitative estimate of drug-likeness (QED) is 0.698. The largest absolute Gasteiger partial charge is 0.345 e. The maximum absolute atomic E-state index is 11.8. The molecule has 0 aromatic rings. The molecule has 0 aliphatic heterocycles. The summed E-state index contributed by atoms with van der Waals surface area (Å²) in [6.45, 7) is 8.80. The zero-order valence-electron chi connectivity index (χ0n) is 10.4. The van der Waals surface area contributed by atoms with E-state index < -0.39 is 5.92 Å². The Morgan fingerprint density at radius 2 is 1.87 bits per heavy atom. The fraction of sp³-hybridized carbons (Fsp3) is 0.833. The summed E-state index contributed by atoms with van der Waals surface area (Å²) in [6.07, 6.45) is 0.985. The van der Waals surface area contributed by atoms with Crippen LogP contribution in [0.15, 0.2) is 0 Å². The van der Waals surface area contributed by atoms with Crippen molar-refractivity contribution in [3.8, 4) is 6.07 Å². The second-order valence-corrected chi connectivity index (χ2v) is 4.79. The SMILES string of the molecule is CC(C)CCN(C)C(=O)C(C#N)C(C)C. The van der Waals surface area contributed by atoms with Gasteiger partial charge in [-0.15, -0.1) is 0 Å². The molecule has 0 heterocycles. The lowest BCUT2D eigenvalue weighted by Crippen LogP contribution is -2.35. The first kappa shape index (κ1) is 14.0. The number of hydrogen-bond acceptors (Lipinski definition) is 2. The number of amides is 1. The second-order valence-electron chi connectivity index (χ2n) is 4.79. The standard InChI is InChI=1S/C12H22N2O/c1-9(2)6-7-14(5)12(15)11(8-13)10(3)4/h9-11H,6-7H2,1-5H3. The second kappa shape index (κ2) is 6.44. The molecule has 0 radical (unpaired) electrons. The normalized spacial score (nSPS) is 12.7. The molecule has 0 N–H and O–H groups in total. The molecule has 0 aromatic carbocycles. The monoisotopic (exact) mass is 210 g/mol. The lowest BCUT2D eigenvalue weighted by Gasteiger charge is -2.22. The van der Waals surface area contributed by atoms with Gasteiger partial charge in [0, 0.05) is 13.6 Å². The van der Waals surface area contributed by atoms with E-state index in [0.717, 1.165) is 13.0 Å². The molecule has 0 saturated heterocycles. The van der Waals surface area contributed by atoms with Crippen molar-refractivity contribution in [2.24, 2.45) is 17.8 Å². The highest BCUT2D eigenvalue weighted by atomic mass is 16.2. The summed E-state index contributed by atoms with van der Waals surface area (Å²) >= 11 is 0. The van der Waals surface area contributed by atoms with Gasteiger partial charge in [-0.05, 0) is 18.3 Å². The Kier molecular flexibility index (Phi) is 6.00. The van der Waals surface area contributed by atoms with Crippen molar-refractivity contribution in [1.29, 1.82) is 5.26 Å². The van der Waals surface area contributed by atoms with E-state index in [9.17, 15) is 4.79 Å². The lowest BCUT2D eigenvalue weighted by molar-refractivity contribution is -0.133. The molecule has 0 aliphatic rings. The van der Waals surface area contributed by atoms with Crippen LogP contribution in [0.1, 0.15) is 34.1 Å². The number of rotatable bonds is 5. The smallest absolute Gasteiger partial charge is 0.239 e. The van der Waals surface area contributed by atoms with E-state index in [4.69, 9.17) is 5.26 Å². The van der Waals surface area contributed by atoms with Gasteiger partial charge in [-0.25, -0.2) is 0 Å². The number of carbonyl (C=O) groups excluding carboxylic acids is 1. The average Bonchev–Trinajstić information content (AvgIpc) is 2.14. The van der Waals surface area contributed by atoms with E-state index in [2.05, 4.69) is 19.9 Å². The molecule has 0 rings (SSSR count). The number of nitriles is 1. The van der Waals surface area contributed by atoms with Gasteiger partial charge in [0.2, 0.25) is 5.91 Å². The zero-order chi connectivity index (χ0) is 12.0. The highest BCUT2D eigenvalue weighted by Crippen LogP contribution is 2.13. The molecule has 3 heteroatoms. The van der Waals surface area contributed by atoms with Crippen molar-refractivity contribution >= 4 is 5.91 Å². The predicted molar refractivity (Wildman–Crippen MR) is 61.0 cm³/mol. The van der Waals surface area contributed by atoms with E-state index in [1.807, 2.05) is 13.8 Å². The number of hydrogen-bond donors (Lipinski definition) is 0. The molecular weight excluding hydrogens is 188 g/mol. The Bertz CT molecular complexity index is 240. The minimum Gasteiger partial charge on any atom is -0.345 e. The van der Waals surface area contributed by atoms with Crippen LogP contribution in [-0.4, -0.2) is 24.4 Å². The maximum Gasteiger partial charge on any atom is 0.239 e. The number of nitrogens with zero attached hydrogens (tertiary/aromatic N) is 2. The van der Waals surface area contributed by atoms with Crippen LogP contribution in [0.5, 0.6) is 0 Å². The molecule has 0 fully saturated rings. The molecule has 86 valence electrons. The van der Waals surface area contributed by atoms with Gasteiger partial charge in [-0.1, -0.05) is 27.7 Å². The molecule has 0 spiro atoms. The molecule has 0 saturated carbocycles. The van der Waals surface area contributed by atoms with Crippen LogP contribution >= 0.6 is 0 Å². The molecule has 1 atom stereocenters. The first-order valence-corrected chi connectivity index (χ1v) is 5.54. The molecule has 0 bridgehead atoms. The van der Waals surface area contributed by atoms with Crippen LogP contribution in [0.25, 0.3) is 0 Å². The lowest BCUT2D eigenvalue weighted by atomic mass is 9.96. The van der Waals surface area contributed by atoms with Crippen LogP contribution in [-0.2, 0) is 4.79 Å². The van der Waals surface area contributed by atoms with E-state index in [-0.39, 0.29) is 11.8 Å². The van der Waals surface area contributed by atoms with Crippen LogP contribution < -0.4 is 0 Å². The first-order valence-electron chi connectivity index (χ1n) is 5.54. The van der Waals surface area contributed by atoms with Gasteiger partial charge in [-0.3, -0.25) is 4.79 Å². The van der Waals surface area contributed by atoms with E-state index in [1.165, 1.54) is 0 Å². The van der Waals surface area contributed by atoms with Crippen LogP contribution in [0.3, 0.4) is 0 Å². The fourth-order valence-corrected chi connectivity index (χ4v) is 1.29. The summed E-state index contributed by atoms with van der Waals surface area (Å²) in [5.74, 6) is 0.124. The predicted octanol–water partition coefficient (Wildman–Crippen LogP) is 2.29. The summed E-state index contributed by atoms with van der Waals surface area (Å²) in [6, 6.07) is 2.08. The Hall–Kier alpha value is -1.04. The van der Waals surface area contributed by atoms with Gasteiger partial charge in [0.15, 0.2) is 0 Å². The summed E-state index contributed by atoms with van der Waals surface area (Å²) < 4.78 is 0. The molecule has 3 nitrogen and oxygen atoms in total. The highest BCUT2D eigenvalue weighted by Gasteiger charge is 2.24. The van der Waals surface area contributed by atoms with Gasteiger partial charge in [0.1, 0.15) is 5.92 Å². The average molecular weight is 210 g/mol. The molecule has 0 aliphatic carbocycles. The van der Waals surface area contributed by atoms with Crippen LogP contribution in [0.4, 0.5) is 0 Å². The van der Waals surface area contributed by atoms with Gasteiger partial charge >= 0.3 is 0 Å². The van der Waals surface area contributed by atoms with Crippen molar-refractivity contribution in [2.75, 3.05) is 13.6 Å². The Labute approximate surface area is 93.1 Å². The molecule has 15 heavy (non-hydrogen) atoms. The van der Waals surface area contributed by atoms with Gasteiger partial charge in [-0.2, -0.15) is 5.26 Å². The zero-order valence-corrected chi connectivity index (χ0v) is 10.4. The van der Waals surface area contributed by atoms with Crippen molar-refractivity contribution < 1.29 is 4.79 Å².